The number of ether oxygens (including phenoxy) is 2. The first-order chi connectivity index (χ1) is 6.81. The van der Waals surface area contributed by atoms with Gasteiger partial charge in [-0.15, -0.1) is 12.4 Å². The quantitative estimate of drug-likeness (QED) is 0.844. The van der Waals surface area contributed by atoms with Crippen molar-refractivity contribution in [2.45, 2.75) is 0 Å². The molecule has 0 heterocycles. The molecule has 1 aromatic rings. The minimum atomic E-state index is 0. The summed E-state index contributed by atoms with van der Waals surface area (Å²) in [6.07, 6.45) is 0. The fraction of sp³-hybridized carbons (Fsp3) is 0.300. The Labute approximate surface area is 95.0 Å². The van der Waals surface area contributed by atoms with E-state index in [0.717, 1.165) is 0 Å². The molecule has 0 atom stereocenters. The average molecular weight is 229 g/mol. The molecule has 0 aromatic heterocycles. The summed E-state index contributed by atoms with van der Waals surface area (Å²) in [6.45, 7) is 0.809. The van der Waals surface area contributed by atoms with Gasteiger partial charge in [0.05, 0.1) is 12.7 Å². The maximum Gasteiger partial charge on any atom is 0.140 e. The summed E-state index contributed by atoms with van der Waals surface area (Å²) in [6, 6.07) is 7.08. The first-order valence-corrected chi connectivity index (χ1v) is 4.23. The Balaban J connectivity index is 0.00000196. The number of benzene rings is 1. The molecule has 82 valence electrons. The topological polar surface area (TPSA) is 68.3 Å². The molecule has 0 unspecified atom stereocenters. The van der Waals surface area contributed by atoms with E-state index in [9.17, 15) is 0 Å². The highest BCUT2D eigenvalue weighted by Gasteiger charge is 2.04. The average Bonchev–Trinajstić information content (AvgIpc) is 2.25. The Morgan fingerprint density at radius 3 is 2.73 bits per heavy atom. The second-order valence-corrected chi connectivity index (χ2v) is 2.61. The van der Waals surface area contributed by atoms with Crippen molar-refractivity contribution < 1.29 is 9.47 Å². The molecule has 1 aromatic carbocycles. The van der Waals surface area contributed by atoms with E-state index < -0.39 is 0 Å². The van der Waals surface area contributed by atoms with Crippen molar-refractivity contribution >= 4 is 12.4 Å². The molecule has 0 amide bonds. The molecule has 4 nitrogen and oxygen atoms in total. The van der Waals surface area contributed by atoms with Gasteiger partial charge >= 0.3 is 0 Å². The number of nitriles is 1. The second kappa shape index (κ2) is 6.93. The van der Waals surface area contributed by atoms with Crippen molar-refractivity contribution in [2.75, 3.05) is 20.3 Å². The van der Waals surface area contributed by atoms with Crippen LogP contribution in [0.25, 0.3) is 0 Å². The standard InChI is InChI=1S/C10H12N2O2.ClH/c1-13-9-3-2-8(7-12)10(6-9)14-5-4-11;/h2-3,6H,4-5,11H2,1H3;1H. The smallest absolute Gasteiger partial charge is 0.140 e. The van der Waals surface area contributed by atoms with Gasteiger partial charge in [-0.05, 0) is 12.1 Å². The zero-order chi connectivity index (χ0) is 10.4. The number of methoxy groups -OCH3 is 1. The van der Waals surface area contributed by atoms with E-state index in [4.69, 9.17) is 20.5 Å². The lowest BCUT2D eigenvalue weighted by molar-refractivity contribution is 0.324. The van der Waals surface area contributed by atoms with Gasteiger partial charge in [-0.1, -0.05) is 0 Å². The Bertz CT molecular complexity index is 350. The minimum absolute atomic E-state index is 0. The fourth-order valence-electron chi connectivity index (χ4n) is 1.01. The van der Waals surface area contributed by atoms with Crippen LogP contribution in [0.15, 0.2) is 18.2 Å². The SMILES string of the molecule is COc1ccc(C#N)c(OCCN)c1.Cl. The molecule has 0 aliphatic rings. The maximum atomic E-state index is 8.78. The molecule has 15 heavy (non-hydrogen) atoms. The summed E-state index contributed by atoms with van der Waals surface area (Å²) in [4.78, 5) is 0. The molecular weight excluding hydrogens is 216 g/mol. The van der Waals surface area contributed by atoms with Gasteiger partial charge < -0.3 is 15.2 Å². The predicted octanol–water partition coefficient (Wildman–Crippen LogP) is 1.33. The van der Waals surface area contributed by atoms with Crippen molar-refractivity contribution in [2.24, 2.45) is 5.73 Å². The number of hydrogen-bond acceptors (Lipinski definition) is 4. The van der Waals surface area contributed by atoms with Crippen LogP contribution in [0.5, 0.6) is 11.5 Å². The maximum absolute atomic E-state index is 8.78. The first-order valence-electron chi connectivity index (χ1n) is 4.23. The Hall–Kier alpha value is -1.44. The van der Waals surface area contributed by atoms with E-state index >= 15 is 0 Å². The van der Waals surface area contributed by atoms with Crippen LogP contribution in [0, 0.1) is 11.3 Å². The zero-order valence-electron chi connectivity index (χ0n) is 8.40. The van der Waals surface area contributed by atoms with E-state index in [1.54, 1.807) is 25.3 Å². The van der Waals surface area contributed by atoms with E-state index in [2.05, 4.69) is 0 Å². The molecule has 0 aliphatic carbocycles. The molecule has 5 heteroatoms. The molecule has 0 saturated heterocycles. The zero-order valence-corrected chi connectivity index (χ0v) is 9.21. The summed E-state index contributed by atoms with van der Waals surface area (Å²) in [5, 5.41) is 8.78. The highest BCUT2D eigenvalue weighted by atomic mass is 35.5. The van der Waals surface area contributed by atoms with Crippen LogP contribution < -0.4 is 15.2 Å². The van der Waals surface area contributed by atoms with Crippen LogP contribution in [0.3, 0.4) is 0 Å². The lowest BCUT2D eigenvalue weighted by Crippen LogP contribution is -2.11. The van der Waals surface area contributed by atoms with Crippen LogP contribution >= 0.6 is 12.4 Å². The normalized spacial score (nSPS) is 8.60. The van der Waals surface area contributed by atoms with Crippen molar-refractivity contribution in [1.29, 1.82) is 5.26 Å². The molecule has 0 aliphatic heterocycles. The number of nitrogens with two attached hydrogens (primary N) is 1. The first kappa shape index (κ1) is 13.6. The summed E-state index contributed by atoms with van der Waals surface area (Å²) < 4.78 is 10.3. The summed E-state index contributed by atoms with van der Waals surface area (Å²) in [7, 11) is 1.56. The third-order valence-corrected chi connectivity index (χ3v) is 1.68. The fourth-order valence-corrected chi connectivity index (χ4v) is 1.01. The Morgan fingerprint density at radius 1 is 1.47 bits per heavy atom. The van der Waals surface area contributed by atoms with E-state index in [1.807, 2.05) is 6.07 Å². The van der Waals surface area contributed by atoms with Gasteiger partial charge in [-0.3, -0.25) is 0 Å². The summed E-state index contributed by atoms with van der Waals surface area (Å²) >= 11 is 0. The van der Waals surface area contributed by atoms with Crippen molar-refractivity contribution in [3.05, 3.63) is 23.8 Å². The van der Waals surface area contributed by atoms with Gasteiger partial charge in [0, 0.05) is 12.6 Å². The van der Waals surface area contributed by atoms with Gasteiger partial charge in [-0.2, -0.15) is 5.26 Å². The molecule has 1 rings (SSSR count). The molecule has 0 fully saturated rings. The van der Waals surface area contributed by atoms with Gasteiger partial charge in [0.1, 0.15) is 24.2 Å². The Kier molecular flexibility index (Phi) is 6.27. The van der Waals surface area contributed by atoms with Crippen molar-refractivity contribution in [1.82, 2.24) is 0 Å². The molecule has 2 N–H and O–H groups in total. The molecule has 0 bridgehead atoms. The largest absolute Gasteiger partial charge is 0.497 e. The van der Waals surface area contributed by atoms with Crippen LogP contribution in [0.1, 0.15) is 5.56 Å². The van der Waals surface area contributed by atoms with Gasteiger partial charge in [0.2, 0.25) is 0 Å². The lowest BCUT2D eigenvalue weighted by Gasteiger charge is -2.07. The van der Waals surface area contributed by atoms with Gasteiger partial charge in [0.15, 0.2) is 0 Å². The molecule has 0 spiro atoms. The molecular formula is C10H13ClN2O2. The molecule has 0 saturated carbocycles. The minimum Gasteiger partial charge on any atom is -0.497 e. The monoisotopic (exact) mass is 228 g/mol. The molecule has 0 radical (unpaired) electrons. The van der Waals surface area contributed by atoms with E-state index in [1.165, 1.54) is 0 Å². The summed E-state index contributed by atoms with van der Waals surface area (Å²) in [5.41, 5.74) is 5.78. The van der Waals surface area contributed by atoms with Crippen molar-refractivity contribution in [3.8, 4) is 17.6 Å². The van der Waals surface area contributed by atoms with Gasteiger partial charge in [0.25, 0.3) is 0 Å². The number of nitrogens with zero attached hydrogens (tertiary/aromatic N) is 1. The van der Waals surface area contributed by atoms with Crippen LogP contribution in [-0.2, 0) is 0 Å². The third-order valence-electron chi connectivity index (χ3n) is 1.68. The number of halogens is 1. The third kappa shape index (κ3) is 3.66. The lowest BCUT2D eigenvalue weighted by atomic mass is 10.2. The second-order valence-electron chi connectivity index (χ2n) is 2.61. The van der Waals surface area contributed by atoms with Crippen LogP contribution in [0.4, 0.5) is 0 Å². The van der Waals surface area contributed by atoms with Crippen LogP contribution in [-0.4, -0.2) is 20.3 Å². The van der Waals surface area contributed by atoms with E-state index in [0.29, 0.717) is 30.2 Å². The predicted molar refractivity (Wildman–Crippen MR) is 59.5 cm³/mol. The Morgan fingerprint density at radius 2 is 2.20 bits per heavy atom. The number of rotatable bonds is 4. The number of hydrogen-bond donors (Lipinski definition) is 1. The highest BCUT2D eigenvalue weighted by Crippen LogP contribution is 2.23. The van der Waals surface area contributed by atoms with Gasteiger partial charge in [-0.25, -0.2) is 0 Å². The highest BCUT2D eigenvalue weighted by molar-refractivity contribution is 5.85. The summed E-state index contributed by atoms with van der Waals surface area (Å²) in [5.74, 6) is 1.17. The van der Waals surface area contributed by atoms with Crippen LogP contribution in [0.2, 0.25) is 0 Å². The van der Waals surface area contributed by atoms with Crippen molar-refractivity contribution in [3.63, 3.8) is 0 Å². The van der Waals surface area contributed by atoms with E-state index in [-0.39, 0.29) is 12.4 Å².